The second-order valence-corrected chi connectivity index (χ2v) is 4.57. The van der Waals surface area contributed by atoms with Gasteiger partial charge in [0.25, 0.3) is 5.56 Å². The predicted octanol–water partition coefficient (Wildman–Crippen LogP) is -1.16. The molecular formula is C11H17N3O4. The van der Waals surface area contributed by atoms with Gasteiger partial charge in [-0.3, -0.25) is 19.2 Å². The normalized spacial score (nSPS) is 24.6. The maximum atomic E-state index is 11.6. The van der Waals surface area contributed by atoms with Gasteiger partial charge in [0.2, 0.25) is 0 Å². The van der Waals surface area contributed by atoms with Crippen molar-refractivity contribution in [1.82, 2.24) is 14.6 Å². The van der Waals surface area contributed by atoms with Crippen LogP contribution in [0, 0.1) is 6.92 Å². The number of hydroxylamine groups is 2. The molecule has 7 heteroatoms. The van der Waals surface area contributed by atoms with E-state index in [0.29, 0.717) is 18.5 Å². The Hall–Kier alpha value is -1.44. The van der Waals surface area contributed by atoms with Crippen LogP contribution in [0.4, 0.5) is 0 Å². The van der Waals surface area contributed by atoms with Crippen LogP contribution in [-0.2, 0) is 11.4 Å². The van der Waals surface area contributed by atoms with Gasteiger partial charge in [-0.15, -0.1) is 0 Å². The van der Waals surface area contributed by atoms with Crippen molar-refractivity contribution in [3.63, 3.8) is 0 Å². The van der Waals surface area contributed by atoms with Crippen LogP contribution in [0.1, 0.15) is 12.0 Å². The molecule has 1 aliphatic heterocycles. The van der Waals surface area contributed by atoms with E-state index in [9.17, 15) is 9.59 Å². The molecule has 0 aliphatic carbocycles. The Labute approximate surface area is 104 Å². The van der Waals surface area contributed by atoms with E-state index < -0.39 is 5.69 Å². The molecule has 0 unspecified atom stereocenters. The van der Waals surface area contributed by atoms with Gasteiger partial charge in [0.1, 0.15) is 0 Å². The molecular weight excluding hydrogens is 238 g/mol. The second-order valence-electron chi connectivity index (χ2n) is 4.57. The third kappa shape index (κ3) is 2.53. The summed E-state index contributed by atoms with van der Waals surface area (Å²) in [6, 6.07) is -0.0467. The van der Waals surface area contributed by atoms with Gasteiger partial charge >= 0.3 is 5.69 Å². The predicted molar refractivity (Wildman–Crippen MR) is 64.2 cm³/mol. The van der Waals surface area contributed by atoms with Crippen LogP contribution in [0.2, 0.25) is 0 Å². The number of likely N-dealkylation sites (N-methyl/N-ethyl adjacent to an activating group) is 1. The number of H-pyrrole nitrogens is 1. The fraction of sp³-hybridized carbons (Fsp3) is 0.636. The lowest BCUT2D eigenvalue weighted by Crippen LogP contribution is -2.34. The molecule has 0 radical (unpaired) electrons. The number of aryl methyl sites for hydroxylation is 1. The Kier molecular flexibility index (Phi) is 3.65. The van der Waals surface area contributed by atoms with Gasteiger partial charge in [-0.1, -0.05) is 0 Å². The van der Waals surface area contributed by atoms with Crippen LogP contribution in [-0.4, -0.2) is 45.5 Å². The summed E-state index contributed by atoms with van der Waals surface area (Å²) in [5.41, 5.74) is -0.321. The molecule has 2 rings (SSSR count). The third-order valence-electron chi connectivity index (χ3n) is 3.16. The SMILES string of the molecule is Cc1cn(C[C@@H]2C[C@@H](CO)N(C)O2)c(=O)[nH]c1=O. The number of aromatic amines is 1. The van der Waals surface area contributed by atoms with Crippen molar-refractivity contribution in [1.29, 1.82) is 0 Å². The highest BCUT2D eigenvalue weighted by Crippen LogP contribution is 2.19. The Bertz CT molecular complexity index is 536. The summed E-state index contributed by atoms with van der Waals surface area (Å²) in [5.74, 6) is 0. The lowest BCUT2D eigenvalue weighted by molar-refractivity contribution is -0.151. The van der Waals surface area contributed by atoms with Crippen molar-refractivity contribution >= 4 is 0 Å². The lowest BCUT2D eigenvalue weighted by atomic mass is 10.1. The van der Waals surface area contributed by atoms with Crippen molar-refractivity contribution in [2.75, 3.05) is 13.7 Å². The average Bonchev–Trinajstić information content (AvgIpc) is 2.66. The molecule has 2 atom stereocenters. The quantitative estimate of drug-likeness (QED) is 0.711. The maximum absolute atomic E-state index is 11.6. The first-order valence-electron chi connectivity index (χ1n) is 5.82. The van der Waals surface area contributed by atoms with Gasteiger partial charge in [-0.25, -0.2) is 4.79 Å². The molecule has 1 aliphatic rings. The van der Waals surface area contributed by atoms with E-state index in [4.69, 9.17) is 9.94 Å². The highest BCUT2D eigenvalue weighted by molar-refractivity contribution is 5.01. The first-order valence-corrected chi connectivity index (χ1v) is 5.82. The fourth-order valence-electron chi connectivity index (χ4n) is 2.09. The second kappa shape index (κ2) is 5.05. The smallest absolute Gasteiger partial charge is 0.328 e. The van der Waals surface area contributed by atoms with E-state index in [1.165, 1.54) is 10.8 Å². The molecule has 1 saturated heterocycles. The van der Waals surface area contributed by atoms with Gasteiger partial charge < -0.3 is 5.11 Å². The number of aromatic nitrogens is 2. The largest absolute Gasteiger partial charge is 0.395 e. The van der Waals surface area contributed by atoms with Gasteiger partial charge in [0.05, 0.1) is 25.3 Å². The zero-order valence-corrected chi connectivity index (χ0v) is 10.4. The zero-order valence-electron chi connectivity index (χ0n) is 10.4. The molecule has 1 aromatic heterocycles. The summed E-state index contributed by atoms with van der Waals surface area (Å²) in [5, 5.41) is 10.7. The van der Waals surface area contributed by atoms with E-state index in [1.807, 2.05) is 0 Å². The molecule has 0 saturated carbocycles. The molecule has 100 valence electrons. The first-order chi connectivity index (χ1) is 8.51. The van der Waals surface area contributed by atoms with E-state index in [2.05, 4.69) is 4.98 Å². The summed E-state index contributed by atoms with van der Waals surface area (Å²) in [6.45, 7) is 2.02. The van der Waals surface area contributed by atoms with E-state index in [-0.39, 0.29) is 24.3 Å². The Morgan fingerprint density at radius 2 is 2.28 bits per heavy atom. The number of hydrogen-bond donors (Lipinski definition) is 2. The topological polar surface area (TPSA) is 87.6 Å². The molecule has 0 aromatic carbocycles. The minimum Gasteiger partial charge on any atom is -0.395 e. The number of aliphatic hydroxyl groups is 1. The molecule has 2 N–H and O–H groups in total. The van der Waals surface area contributed by atoms with Gasteiger partial charge in [0.15, 0.2) is 0 Å². The Balaban J connectivity index is 2.14. The van der Waals surface area contributed by atoms with Crippen molar-refractivity contribution < 1.29 is 9.94 Å². The fourth-order valence-corrected chi connectivity index (χ4v) is 2.09. The van der Waals surface area contributed by atoms with Crippen molar-refractivity contribution in [2.45, 2.75) is 32.0 Å². The van der Waals surface area contributed by atoms with Crippen LogP contribution in [0.15, 0.2) is 15.8 Å². The summed E-state index contributed by atoms with van der Waals surface area (Å²) < 4.78 is 1.43. The molecule has 7 nitrogen and oxygen atoms in total. The van der Waals surface area contributed by atoms with Gasteiger partial charge in [0, 0.05) is 18.8 Å². The summed E-state index contributed by atoms with van der Waals surface area (Å²) in [4.78, 5) is 30.6. The summed E-state index contributed by atoms with van der Waals surface area (Å²) >= 11 is 0. The van der Waals surface area contributed by atoms with E-state index >= 15 is 0 Å². The third-order valence-corrected chi connectivity index (χ3v) is 3.16. The molecule has 0 amide bonds. The maximum Gasteiger partial charge on any atom is 0.328 e. The molecule has 2 heterocycles. The number of nitrogens with zero attached hydrogens (tertiary/aromatic N) is 2. The number of rotatable bonds is 3. The highest BCUT2D eigenvalue weighted by Gasteiger charge is 2.30. The minimum atomic E-state index is -0.440. The average molecular weight is 255 g/mol. The number of aliphatic hydroxyl groups excluding tert-OH is 1. The van der Waals surface area contributed by atoms with Crippen LogP contribution in [0.3, 0.4) is 0 Å². The Morgan fingerprint density at radius 3 is 2.89 bits per heavy atom. The molecule has 1 fully saturated rings. The van der Waals surface area contributed by atoms with Crippen LogP contribution in [0.5, 0.6) is 0 Å². The van der Waals surface area contributed by atoms with Crippen molar-refractivity contribution in [3.05, 3.63) is 32.6 Å². The van der Waals surface area contributed by atoms with E-state index in [1.54, 1.807) is 19.0 Å². The highest BCUT2D eigenvalue weighted by atomic mass is 16.7. The summed E-state index contributed by atoms with van der Waals surface area (Å²) in [7, 11) is 1.75. The molecule has 0 bridgehead atoms. The van der Waals surface area contributed by atoms with Crippen LogP contribution < -0.4 is 11.2 Å². The zero-order chi connectivity index (χ0) is 13.3. The van der Waals surface area contributed by atoms with E-state index in [0.717, 1.165) is 0 Å². The van der Waals surface area contributed by atoms with Gasteiger partial charge in [-0.05, 0) is 13.3 Å². The molecule has 1 aromatic rings. The van der Waals surface area contributed by atoms with Crippen molar-refractivity contribution in [3.8, 4) is 0 Å². The molecule has 18 heavy (non-hydrogen) atoms. The first kappa shape index (κ1) is 13.0. The van der Waals surface area contributed by atoms with Crippen LogP contribution >= 0.6 is 0 Å². The molecule has 0 spiro atoms. The number of nitrogens with one attached hydrogen (secondary N) is 1. The monoisotopic (exact) mass is 255 g/mol. The minimum absolute atomic E-state index is 0.0204. The Morgan fingerprint density at radius 1 is 1.56 bits per heavy atom. The van der Waals surface area contributed by atoms with Crippen LogP contribution in [0.25, 0.3) is 0 Å². The summed E-state index contributed by atoms with van der Waals surface area (Å²) in [6.07, 6.45) is 2.00. The standard InChI is InChI=1S/C11H17N3O4/c1-7-4-14(11(17)12-10(7)16)5-9-3-8(6-15)13(2)18-9/h4,8-9,15H,3,5-6H2,1-2H3,(H,12,16,17)/t8-,9-/m0/s1. The number of hydrogen-bond acceptors (Lipinski definition) is 5. The van der Waals surface area contributed by atoms with Crippen molar-refractivity contribution in [2.24, 2.45) is 0 Å². The lowest BCUT2D eigenvalue weighted by Gasteiger charge is -2.14. The van der Waals surface area contributed by atoms with Gasteiger partial charge in [-0.2, -0.15) is 5.06 Å².